The van der Waals surface area contributed by atoms with Gasteiger partial charge in [0, 0.05) is 6.42 Å². The van der Waals surface area contributed by atoms with Gasteiger partial charge in [0.05, 0.1) is 24.4 Å². The Morgan fingerprint density at radius 1 is 1.00 bits per heavy atom. The molecule has 30 heavy (non-hydrogen) atoms. The molecular weight excluding hydrogens is 408 g/mol. The average molecular weight is 453 g/mol. The number of rotatable bonds is 7. The third-order valence-corrected chi connectivity index (χ3v) is 16.6. The molecule has 0 aromatic rings. The normalized spacial score (nSPS) is 25.7. The zero-order chi connectivity index (χ0) is 23.3. The van der Waals surface area contributed by atoms with Crippen LogP contribution in [0.3, 0.4) is 0 Å². The summed E-state index contributed by atoms with van der Waals surface area (Å²) in [5.41, 5.74) is 1.76. The maximum Gasteiger partial charge on any atom is 0.193 e. The van der Waals surface area contributed by atoms with Gasteiger partial charge in [0.1, 0.15) is 5.76 Å². The van der Waals surface area contributed by atoms with Crippen molar-refractivity contribution in [3.63, 3.8) is 0 Å². The maximum absolute atomic E-state index is 12.9. The molecule has 2 aliphatic carbocycles. The fraction of sp³-hybridized carbons (Fsp3) is 0.792. The fourth-order valence-corrected chi connectivity index (χ4v) is 6.45. The molecule has 0 unspecified atom stereocenters. The van der Waals surface area contributed by atoms with Crippen molar-refractivity contribution in [3.8, 4) is 0 Å². The highest BCUT2D eigenvalue weighted by Crippen LogP contribution is 2.51. The number of hydrogen-bond donors (Lipinski definition) is 0. The molecule has 0 aromatic carbocycles. The zero-order valence-corrected chi connectivity index (χ0v) is 23.2. The monoisotopic (exact) mass is 452 g/mol. The highest BCUT2D eigenvalue weighted by molar-refractivity contribution is 6.74. The highest BCUT2D eigenvalue weighted by Gasteiger charge is 2.53. The first kappa shape index (κ1) is 25.6. The number of ether oxygens (including phenoxy) is 1. The van der Waals surface area contributed by atoms with E-state index < -0.39 is 16.6 Å². The van der Waals surface area contributed by atoms with Crippen LogP contribution in [0.5, 0.6) is 0 Å². The Morgan fingerprint density at radius 3 is 1.97 bits per heavy atom. The van der Waals surface area contributed by atoms with E-state index in [1.54, 1.807) is 0 Å². The Morgan fingerprint density at radius 2 is 1.50 bits per heavy atom. The Kier molecular flexibility index (Phi) is 7.11. The molecule has 0 aromatic heterocycles. The number of fused-ring (bicyclic) bond motifs is 1. The molecule has 0 N–H and O–H groups in total. The summed E-state index contributed by atoms with van der Waals surface area (Å²) in [4.78, 5) is 12.9. The van der Waals surface area contributed by atoms with Gasteiger partial charge in [-0.1, -0.05) is 48.1 Å². The molecule has 1 saturated carbocycles. The molecule has 2 aliphatic rings. The first-order valence-electron chi connectivity index (χ1n) is 11.4. The minimum Gasteiger partial charge on any atom is -0.494 e. The maximum atomic E-state index is 12.9. The first-order chi connectivity index (χ1) is 13.4. The summed E-state index contributed by atoms with van der Waals surface area (Å²) in [5, 5.41) is 0.195. The molecule has 1 fully saturated rings. The van der Waals surface area contributed by atoms with E-state index in [4.69, 9.17) is 13.6 Å². The minimum absolute atomic E-state index is 0.0162. The van der Waals surface area contributed by atoms with Crippen molar-refractivity contribution in [2.45, 2.75) is 110 Å². The predicted octanol–water partition coefficient (Wildman–Crippen LogP) is 6.61. The van der Waals surface area contributed by atoms with Gasteiger partial charge in [0.2, 0.25) is 0 Å². The van der Waals surface area contributed by atoms with Crippen LogP contribution in [0.15, 0.2) is 23.5 Å². The lowest BCUT2D eigenvalue weighted by atomic mass is 10.0. The lowest BCUT2D eigenvalue weighted by Crippen LogP contribution is -2.50. The average Bonchev–Trinajstić information content (AvgIpc) is 3.00. The van der Waals surface area contributed by atoms with Gasteiger partial charge in [-0.2, -0.15) is 0 Å². The smallest absolute Gasteiger partial charge is 0.193 e. The molecule has 0 saturated heterocycles. The SMILES string of the molecule is C=C(OCC)C1=C2[C@@H](CC1=O)C[C@@H](O[Si](C)(C)C(C)(C)C)[C@@H]2O[Si](C)(C)C(C)(C)C. The topological polar surface area (TPSA) is 44.8 Å². The van der Waals surface area contributed by atoms with Crippen molar-refractivity contribution in [2.75, 3.05) is 6.61 Å². The Labute approximate surface area is 186 Å². The second kappa shape index (κ2) is 8.34. The quantitative estimate of drug-likeness (QED) is 0.322. The van der Waals surface area contributed by atoms with E-state index in [-0.39, 0.29) is 34.0 Å². The number of ketones is 1. The van der Waals surface area contributed by atoms with Gasteiger partial charge in [-0.15, -0.1) is 0 Å². The summed E-state index contributed by atoms with van der Waals surface area (Å²) < 4.78 is 19.6. The van der Waals surface area contributed by atoms with Crippen LogP contribution in [0.4, 0.5) is 0 Å². The van der Waals surface area contributed by atoms with E-state index in [0.717, 1.165) is 12.0 Å². The summed E-state index contributed by atoms with van der Waals surface area (Å²) >= 11 is 0. The Balaban J connectivity index is 2.52. The van der Waals surface area contributed by atoms with Gasteiger partial charge in [-0.25, -0.2) is 0 Å². The number of hydrogen-bond acceptors (Lipinski definition) is 4. The number of carbonyl (C=O) groups excluding carboxylic acids is 1. The first-order valence-corrected chi connectivity index (χ1v) is 17.2. The van der Waals surface area contributed by atoms with Crippen LogP contribution < -0.4 is 0 Å². The summed E-state index contributed by atoms with van der Waals surface area (Å²) in [7, 11) is -4.07. The van der Waals surface area contributed by atoms with Crippen LogP contribution in [-0.4, -0.2) is 41.2 Å². The Hall–Kier alpha value is -0.696. The van der Waals surface area contributed by atoms with E-state index in [2.05, 4.69) is 74.3 Å². The van der Waals surface area contributed by atoms with E-state index in [1.807, 2.05) is 6.92 Å². The molecule has 4 nitrogen and oxygen atoms in total. The second-order valence-corrected chi connectivity index (χ2v) is 21.5. The van der Waals surface area contributed by atoms with Crippen LogP contribution in [0.2, 0.25) is 36.3 Å². The van der Waals surface area contributed by atoms with E-state index >= 15 is 0 Å². The molecule has 0 heterocycles. The Bertz CT molecular complexity index is 722. The van der Waals surface area contributed by atoms with E-state index in [0.29, 0.717) is 24.4 Å². The van der Waals surface area contributed by atoms with Crippen molar-refractivity contribution >= 4 is 22.4 Å². The van der Waals surface area contributed by atoms with E-state index in [9.17, 15) is 4.79 Å². The van der Waals surface area contributed by atoms with Crippen LogP contribution in [0, 0.1) is 5.92 Å². The third-order valence-electron chi connectivity index (χ3n) is 7.68. The summed E-state index contributed by atoms with van der Waals surface area (Å²) in [5.74, 6) is 0.814. The summed E-state index contributed by atoms with van der Waals surface area (Å²) in [6, 6.07) is 0. The standard InChI is InChI=1S/C24H44O4Si2/c1-13-26-16(2)20-18(25)14-17-15-19(27-29(9,10)23(3,4)5)22(21(17)20)28-30(11,12)24(6,7)8/h17,19,22H,2,13-15H2,1,3-12H3/t17-,19+,22-/m0/s1. The molecule has 3 atom stereocenters. The van der Waals surface area contributed by atoms with Crippen LogP contribution in [0.25, 0.3) is 0 Å². The van der Waals surface area contributed by atoms with Crippen molar-refractivity contribution < 1.29 is 18.4 Å². The predicted molar refractivity (Wildman–Crippen MR) is 130 cm³/mol. The largest absolute Gasteiger partial charge is 0.494 e. The molecule has 172 valence electrons. The highest BCUT2D eigenvalue weighted by atomic mass is 28.4. The molecule has 2 rings (SSSR count). The lowest BCUT2D eigenvalue weighted by molar-refractivity contribution is -0.115. The molecule has 0 aliphatic heterocycles. The molecule has 6 heteroatoms. The van der Waals surface area contributed by atoms with Gasteiger partial charge in [0.15, 0.2) is 22.4 Å². The van der Waals surface area contributed by atoms with Crippen molar-refractivity contribution in [1.29, 1.82) is 0 Å². The third kappa shape index (κ3) is 4.87. The summed E-state index contributed by atoms with van der Waals surface area (Å²) in [6.07, 6.45) is 1.16. The van der Waals surface area contributed by atoms with Gasteiger partial charge in [0.25, 0.3) is 0 Å². The van der Waals surface area contributed by atoms with Crippen molar-refractivity contribution in [1.82, 2.24) is 0 Å². The van der Waals surface area contributed by atoms with E-state index in [1.165, 1.54) is 0 Å². The molecule has 0 bridgehead atoms. The van der Waals surface area contributed by atoms with Gasteiger partial charge >= 0.3 is 0 Å². The molecule has 0 radical (unpaired) electrons. The van der Waals surface area contributed by atoms with Gasteiger partial charge in [-0.3, -0.25) is 4.79 Å². The van der Waals surface area contributed by atoms with Crippen molar-refractivity contribution in [3.05, 3.63) is 23.5 Å². The van der Waals surface area contributed by atoms with Crippen LogP contribution in [-0.2, 0) is 18.4 Å². The second-order valence-electron chi connectivity index (χ2n) is 12.0. The number of carbonyl (C=O) groups is 1. The number of Topliss-reactive ketones (excluding diaryl/α,β-unsaturated/α-hetero) is 1. The van der Waals surface area contributed by atoms with Crippen molar-refractivity contribution in [2.24, 2.45) is 5.92 Å². The minimum atomic E-state index is -2.08. The number of allylic oxidation sites excluding steroid dienone is 1. The zero-order valence-electron chi connectivity index (χ0n) is 21.2. The molecular formula is C24H44O4Si2. The summed E-state index contributed by atoms with van der Waals surface area (Å²) in [6.45, 7) is 29.2. The molecule has 0 spiro atoms. The van der Waals surface area contributed by atoms with Crippen LogP contribution in [0.1, 0.15) is 61.3 Å². The fourth-order valence-electron chi connectivity index (χ4n) is 3.85. The lowest BCUT2D eigenvalue weighted by Gasteiger charge is -2.43. The van der Waals surface area contributed by atoms with Crippen LogP contribution >= 0.6 is 0 Å². The van der Waals surface area contributed by atoms with Gasteiger partial charge in [-0.05, 0) is 61.1 Å². The van der Waals surface area contributed by atoms with Gasteiger partial charge < -0.3 is 13.6 Å². The molecule has 0 amide bonds.